The van der Waals surface area contributed by atoms with Crippen LogP contribution in [0, 0.1) is 0 Å². The number of alkyl halides is 3. The summed E-state index contributed by atoms with van der Waals surface area (Å²) in [6.45, 7) is 0.784. The lowest BCUT2D eigenvalue weighted by Crippen LogP contribution is -2.41. The number of carboxylic acid groups (broad SMARTS) is 1. The van der Waals surface area contributed by atoms with Crippen LogP contribution < -0.4 is 10.1 Å². The molecule has 0 atom stereocenters. The number of halogens is 3. The summed E-state index contributed by atoms with van der Waals surface area (Å²) in [4.78, 5) is 28.3. The number of likely N-dealkylation sites (tertiary alicyclic amines) is 1. The molecule has 1 saturated heterocycles. The van der Waals surface area contributed by atoms with Gasteiger partial charge in [0.2, 0.25) is 0 Å². The lowest BCUT2D eigenvalue weighted by atomic mass is 10.0. The van der Waals surface area contributed by atoms with E-state index in [2.05, 4.69) is 4.98 Å². The van der Waals surface area contributed by atoms with E-state index in [0.717, 1.165) is 0 Å². The zero-order valence-electron chi connectivity index (χ0n) is 17.3. The van der Waals surface area contributed by atoms with Crippen molar-refractivity contribution < 1.29 is 32.6 Å². The molecule has 1 aliphatic rings. The van der Waals surface area contributed by atoms with Crippen LogP contribution in [0.1, 0.15) is 12.8 Å². The van der Waals surface area contributed by atoms with E-state index in [-0.39, 0.29) is 11.8 Å². The normalized spacial score (nSPS) is 14.8. The number of nitrogens with zero attached hydrogens (tertiary/aromatic N) is 2. The number of carbonyl (C=O) groups is 2. The van der Waals surface area contributed by atoms with Crippen LogP contribution in [-0.4, -0.2) is 52.4 Å². The first-order valence-corrected chi connectivity index (χ1v) is 10.2. The van der Waals surface area contributed by atoms with E-state index in [9.17, 15) is 22.8 Å². The molecule has 0 radical (unpaired) electrons. The highest BCUT2D eigenvalue weighted by Gasteiger charge is 2.39. The number of benzene rings is 2. The second-order valence-corrected chi connectivity index (χ2v) is 7.63. The molecular formula is C23H20F3N3O4. The van der Waals surface area contributed by atoms with Crippen LogP contribution in [0.4, 0.5) is 23.7 Å². The number of hydrogen-bond acceptors (Lipinski definition) is 4. The van der Waals surface area contributed by atoms with Crippen LogP contribution in [0.15, 0.2) is 54.7 Å². The number of rotatable bonds is 4. The van der Waals surface area contributed by atoms with E-state index in [4.69, 9.17) is 9.84 Å². The maximum Gasteiger partial charge on any atom is 0.471 e. The highest BCUT2D eigenvalue weighted by atomic mass is 19.4. The van der Waals surface area contributed by atoms with Crippen LogP contribution in [0.3, 0.4) is 0 Å². The van der Waals surface area contributed by atoms with E-state index in [1.165, 1.54) is 11.1 Å². The molecule has 3 aromatic rings. The van der Waals surface area contributed by atoms with Gasteiger partial charge in [0, 0.05) is 43.1 Å². The van der Waals surface area contributed by atoms with Gasteiger partial charge in [-0.2, -0.15) is 13.2 Å². The second-order valence-electron chi connectivity index (χ2n) is 7.63. The van der Waals surface area contributed by atoms with Crippen LogP contribution in [-0.2, 0) is 4.79 Å². The minimum absolute atomic E-state index is 0.0256. The van der Waals surface area contributed by atoms with Gasteiger partial charge in [0.05, 0.1) is 11.2 Å². The van der Waals surface area contributed by atoms with Crippen molar-refractivity contribution in [2.75, 3.05) is 18.4 Å². The number of para-hydroxylation sites is 1. The van der Waals surface area contributed by atoms with Crippen LogP contribution in [0.25, 0.3) is 22.0 Å². The van der Waals surface area contributed by atoms with Gasteiger partial charge < -0.3 is 20.1 Å². The number of piperidine rings is 1. The predicted octanol–water partition coefficient (Wildman–Crippen LogP) is 4.92. The van der Waals surface area contributed by atoms with Crippen molar-refractivity contribution in [3.05, 3.63) is 54.7 Å². The first-order valence-electron chi connectivity index (χ1n) is 10.2. The van der Waals surface area contributed by atoms with Crippen molar-refractivity contribution in [3.63, 3.8) is 0 Å². The number of amides is 2. The van der Waals surface area contributed by atoms with E-state index < -0.39 is 18.2 Å². The van der Waals surface area contributed by atoms with Crippen molar-refractivity contribution in [3.8, 4) is 16.9 Å². The molecule has 0 spiro atoms. The van der Waals surface area contributed by atoms with Gasteiger partial charge in [0.25, 0.3) is 0 Å². The van der Waals surface area contributed by atoms with Crippen LogP contribution in [0.2, 0.25) is 0 Å². The minimum atomic E-state index is -5.03. The highest BCUT2D eigenvalue weighted by Crippen LogP contribution is 2.35. The quantitative estimate of drug-likeness (QED) is 0.578. The topological polar surface area (TPSA) is 91.8 Å². The average molecular weight is 459 g/mol. The summed E-state index contributed by atoms with van der Waals surface area (Å²) >= 11 is 0. The van der Waals surface area contributed by atoms with Gasteiger partial charge in [-0.25, -0.2) is 4.79 Å². The SMILES string of the molecule is O=C(O)N1CCC(Oc2ccc(-c3cnc4ccccc4c3NC(=O)C(F)(F)F)cc2)CC1. The lowest BCUT2D eigenvalue weighted by Gasteiger charge is -2.30. The number of nitrogens with one attached hydrogen (secondary N) is 1. The summed E-state index contributed by atoms with van der Waals surface area (Å²) in [6, 6.07) is 13.3. The van der Waals surface area contributed by atoms with Crippen molar-refractivity contribution >= 4 is 28.6 Å². The van der Waals surface area contributed by atoms with Gasteiger partial charge in [-0.05, 0) is 23.8 Å². The molecule has 172 valence electrons. The fourth-order valence-electron chi connectivity index (χ4n) is 3.75. The minimum Gasteiger partial charge on any atom is -0.490 e. The van der Waals surface area contributed by atoms with Gasteiger partial charge in [-0.15, -0.1) is 0 Å². The summed E-state index contributed by atoms with van der Waals surface area (Å²) in [6.07, 6.45) is -3.56. The first kappa shape index (κ1) is 22.4. The van der Waals surface area contributed by atoms with E-state index in [0.29, 0.717) is 53.7 Å². The summed E-state index contributed by atoms with van der Waals surface area (Å²) in [5, 5.41) is 11.4. The number of hydrogen-bond donors (Lipinski definition) is 2. The third kappa shape index (κ3) is 5.00. The summed E-state index contributed by atoms with van der Waals surface area (Å²) < 4.78 is 44.7. The van der Waals surface area contributed by atoms with Crippen molar-refractivity contribution in [2.24, 2.45) is 0 Å². The van der Waals surface area contributed by atoms with Crippen molar-refractivity contribution in [1.29, 1.82) is 0 Å². The smallest absolute Gasteiger partial charge is 0.471 e. The third-order valence-electron chi connectivity index (χ3n) is 5.45. The Morgan fingerprint density at radius 3 is 2.36 bits per heavy atom. The molecule has 2 aromatic carbocycles. The Bertz CT molecular complexity index is 1170. The Labute approximate surface area is 186 Å². The molecular weight excluding hydrogens is 439 g/mol. The molecule has 7 nitrogen and oxygen atoms in total. The predicted molar refractivity (Wildman–Crippen MR) is 115 cm³/mol. The highest BCUT2D eigenvalue weighted by molar-refractivity contribution is 6.08. The Balaban J connectivity index is 1.58. The van der Waals surface area contributed by atoms with Crippen molar-refractivity contribution in [1.82, 2.24) is 9.88 Å². The molecule has 2 heterocycles. The molecule has 10 heteroatoms. The largest absolute Gasteiger partial charge is 0.490 e. The Morgan fingerprint density at radius 2 is 1.73 bits per heavy atom. The third-order valence-corrected chi connectivity index (χ3v) is 5.45. The molecule has 0 unspecified atom stereocenters. The molecule has 2 N–H and O–H groups in total. The van der Waals surface area contributed by atoms with Crippen molar-refractivity contribution in [2.45, 2.75) is 25.1 Å². The van der Waals surface area contributed by atoms with E-state index in [1.54, 1.807) is 48.5 Å². The second kappa shape index (κ2) is 8.97. The number of aromatic nitrogens is 1. The standard InChI is InChI=1S/C23H20F3N3O4/c24-23(25,26)21(30)28-20-17-3-1-2-4-19(17)27-13-18(20)14-5-7-15(8-6-14)33-16-9-11-29(12-10-16)22(31)32/h1-8,13,16H,9-12H2,(H,31,32)(H,27,28,30). The number of anilines is 1. The van der Waals surface area contributed by atoms with Gasteiger partial charge in [-0.1, -0.05) is 30.3 Å². The summed E-state index contributed by atoms with van der Waals surface area (Å²) in [5.41, 5.74) is 1.37. The van der Waals surface area contributed by atoms with Crippen LogP contribution >= 0.6 is 0 Å². The molecule has 4 rings (SSSR count). The molecule has 0 bridgehead atoms. The molecule has 2 amide bonds. The Hall–Kier alpha value is -3.82. The fourth-order valence-corrected chi connectivity index (χ4v) is 3.75. The number of pyridine rings is 1. The maximum atomic E-state index is 12.9. The van der Waals surface area contributed by atoms with Gasteiger partial charge in [0.15, 0.2) is 0 Å². The zero-order valence-corrected chi connectivity index (χ0v) is 17.3. The molecule has 1 fully saturated rings. The Morgan fingerprint density at radius 1 is 1.06 bits per heavy atom. The molecule has 1 aromatic heterocycles. The van der Waals surface area contributed by atoms with E-state index >= 15 is 0 Å². The van der Waals surface area contributed by atoms with E-state index in [1.807, 2.05) is 5.32 Å². The first-order chi connectivity index (χ1) is 15.7. The molecule has 33 heavy (non-hydrogen) atoms. The van der Waals surface area contributed by atoms with Gasteiger partial charge in [-0.3, -0.25) is 9.78 Å². The summed E-state index contributed by atoms with van der Waals surface area (Å²) in [5.74, 6) is -1.50. The molecule has 0 saturated carbocycles. The summed E-state index contributed by atoms with van der Waals surface area (Å²) in [7, 11) is 0. The van der Waals surface area contributed by atoms with Crippen LogP contribution in [0.5, 0.6) is 5.75 Å². The molecule has 1 aliphatic heterocycles. The monoisotopic (exact) mass is 459 g/mol. The molecule has 0 aliphatic carbocycles. The Kier molecular flexibility index (Phi) is 6.08. The van der Waals surface area contributed by atoms with Gasteiger partial charge >= 0.3 is 18.2 Å². The lowest BCUT2D eigenvalue weighted by molar-refractivity contribution is -0.167. The van der Waals surface area contributed by atoms with Gasteiger partial charge in [0.1, 0.15) is 11.9 Å². The average Bonchev–Trinajstić information content (AvgIpc) is 2.79. The fraction of sp³-hybridized carbons (Fsp3) is 0.261. The maximum absolute atomic E-state index is 12.9. The zero-order chi connectivity index (χ0) is 23.6. The number of ether oxygens (including phenoxy) is 1. The number of carbonyl (C=O) groups excluding carboxylic acids is 1. The number of fused-ring (bicyclic) bond motifs is 1.